The van der Waals surface area contributed by atoms with Gasteiger partial charge in [-0.2, -0.15) is 0 Å². The topological polar surface area (TPSA) is 66.0 Å². The molecule has 154 valence electrons. The summed E-state index contributed by atoms with van der Waals surface area (Å²) in [7, 11) is 0. The summed E-state index contributed by atoms with van der Waals surface area (Å²) in [5, 5.41) is 6.43. The van der Waals surface area contributed by atoms with Gasteiger partial charge in [0.15, 0.2) is 5.96 Å². The largest absolute Gasteiger partial charge is 0.493 e. The Morgan fingerprint density at radius 1 is 1.15 bits per heavy atom. The smallest absolute Gasteiger partial charge is 0.224 e. The van der Waals surface area contributed by atoms with Crippen LogP contribution in [0, 0.1) is 6.92 Å². The molecule has 1 aromatic carbocycles. The molecule has 27 heavy (non-hydrogen) atoms. The lowest BCUT2D eigenvalue weighted by Crippen LogP contribution is -2.40. The van der Waals surface area contributed by atoms with Gasteiger partial charge in [0.25, 0.3) is 0 Å². The van der Waals surface area contributed by atoms with E-state index in [9.17, 15) is 4.79 Å². The molecular formula is C20H35IN4O2. The maximum atomic E-state index is 12.0. The predicted octanol–water partition coefficient (Wildman–Crippen LogP) is 3.20. The minimum atomic E-state index is 0. The van der Waals surface area contributed by atoms with Crippen LogP contribution < -0.4 is 15.4 Å². The van der Waals surface area contributed by atoms with Gasteiger partial charge >= 0.3 is 0 Å². The second-order valence-electron chi connectivity index (χ2n) is 5.97. The van der Waals surface area contributed by atoms with E-state index in [1.54, 1.807) is 0 Å². The molecule has 2 N–H and O–H groups in total. The van der Waals surface area contributed by atoms with E-state index < -0.39 is 0 Å². The molecule has 1 aromatic rings. The number of carbonyl (C=O) groups is 1. The Bertz CT molecular complexity index is 563. The molecule has 0 unspecified atom stereocenters. The lowest BCUT2D eigenvalue weighted by Gasteiger charge is -2.19. The van der Waals surface area contributed by atoms with Gasteiger partial charge in [0.05, 0.1) is 6.61 Å². The van der Waals surface area contributed by atoms with Crippen LogP contribution in [0.5, 0.6) is 5.75 Å². The number of ether oxygens (including phenoxy) is 1. The first kappa shape index (κ1) is 25.5. The molecule has 6 nitrogen and oxygen atoms in total. The van der Waals surface area contributed by atoms with Gasteiger partial charge in [-0.1, -0.05) is 18.2 Å². The van der Waals surface area contributed by atoms with Crippen LogP contribution in [0.1, 0.15) is 39.2 Å². The molecule has 0 spiro atoms. The van der Waals surface area contributed by atoms with E-state index >= 15 is 0 Å². The third kappa shape index (κ3) is 10.4. The van der Waals surface area contributed by atoms with Gasteiger partial charge in [-0.3, -0.25) is 9.79 Å². The molecule has 0 saturated carbocycles. The molecule has 1 rings (SSSR count). The van der Waals surface area contributed by atoms with Gasteiger partial charge < -0.3 is 20.3 Å². The maximum Gasteiger partial charge on any atom is 0.224 e. The summed E-state index contributed by atoms with van der Waals surface area (Å²) in [5.74, 6) is 1.84. The minimum absolute atomic E-state index is 0. The third-order valence-electron chi connectivity index (χ3n) is 4.02. The Hall–Kier alpha value is -1.51. The van der Waals surface area contributed by atoms with E-state index in [0.717, 1.165) is 43.3 Å². The van der Waals surface area contributed by atoms with Crippen molar-refractivity contribution in [3.05, 3.63) is 29.8 Å². The number of aryl methyl sites for hydroxylation is 1. The summed E-state index contributed by atoms with van der Waals surface area (Å²) in [6.07, 6.45) is 1.31. The van der Waals surface area contributed by atoms with Gasteiger partial charge in [-0.05, 0) is 39.3 Å². The third-order valence-corrected chi connectivity index (χ3v) is 4.02. The second-order valence-corrected chi connectivity index (χ2v) is 5.97. The molecule has 0 atom stereocenters. The molecule has 0 aliphatic rings. The highest BCUT2D eigenvalue weighted by Gasteiger charge is 2.09. The summed E-state index contributed by atoms with van der Waals surface area (Å²) < 4.78 is 5.78. The normalized spacial score (nSPS) is 10.7. The zero-order chi connectivity index (χ0) is 19.2. The Morgan fingerprint density at radius 3 is 2.48 bits per heavy atom. The van der Waals surface area contributed by atoms with E-state index in [1.807, 2.05) is 56.9 Å². The van der Waals surface area contributed by atoms with Crippen molar-refractivity contribution in [2.75, 3.05) is 39.3 Å². The number of nitrogens with zero attached hydrogens (tertiary/aromatic N) is 2. The van der Waals surface area contributed by atoms with Crippen molar-refractivity contribution in [1.82, 2.24) is 15.5 Å². The molecule has 0 heterocycles. The first-order valence-electron chi connectivity index (χ1n) is 9.60. The van der Waals surface area contributed by atoms with Crippen LogP contribution in [-0.2, 0) is 4.79 Å². The van der Waals surface area contributed by atoms with Crippen LogP contribution in [0.4, 0.5) is 0 Å². The molecule has 0 aliphatic carbocycles. The Kier molecular flexibility index (Phi) is 14.7. The number of benzene rings is 1. The van der Waals surface area contributed by atoms with Crippen LogP contribution in [0.2, 0.25) is 0 Å². The maximum absolute atomic E-state index is 12.0. The highest BCUT2D eigenvalue weighted by Crippen LogP contribution is 2.16. The minimum Gasteiger partial charge on any atom is -0.493 e. The van der Waals surface area contributed by atoms with Gasteiger partial charge in [-0.15, -0.1) is 24.0 Å². The molecule has 0 aromatic heterocycles. The molecule has 0 radical (unpaired) electrons. The fourth-order valence-corrected chi connectivity index (χ4v) is 2.52. The zero-order valence-electron chi connectivity index (χ0n) is 17.1. The molecule has 7 heteroatoms. The number of carbonyl (C=O) groups excluding carboxylic acids is 1. The average Bonchev–Trinajstić information content (AvgIpc) is 2.64. The van der Waals surface area contributed by atoms with Crippen LogP contribution >= 0.6 is 24.0 Å². The van der Waals surface area contributed by atoms with Crippen LogP contribution in [0.25, 0.3) is 0 Å². The number of guanidine groups is 1. The Labute approximate surface area is 181 Å². The van der Waals surface area contributed by atoms with Crippen molar-refractivity contribution >= 4 is 35.8 Å². The SMILES string of the molecule is CCNC(=NCCCOc1ccccc1C)NCCC(=O)N(CC)CC.I. The Balaban J connectivity index is 0.00000676. The lowest BCUT2D eigenvalue weighted by atomic mass is 10.2. The number of para-hydroxylation sites is 1. The number of hydrogen-bond acceptors (Lipinski definition) is 3. The predicted molar refractivity (Wildman–Crippen MR) is 123 cm³/mol. The van der Waals surface area contributed by atoms with Gasteiger partial charge in [0.1, 0.15) is 5.75 Å². The average molecular weight is 490 g/mol. The number of hydrogen-bond donors (Lipinski definition) is 2. The number of halogens is 1. The number of rotatable bonds is 11. The molecular weight excluding hydrogens is 455 g/mol. The highest BCUT2D eigenvalue weighted by atomic mass is 127. The van der Waals surface area contributed by atoms with Crippen LogP contribution in [0.3, 0.4) is 0 Å². The van der Waals surface area contributed by atoms with Gasteiger partial charge in [0, 0.05) is 45.6 Å². The number of aliphatic imine (C=N–C) groups is 1. The summed E-state index contributed by atoms with van der Waals surface area (Å²) >= 11 is 0. The first-order chi connectivity index (χ1) is 12.6. The summed E-state index contributed by atoms with van der Waals surface area (Å²) in [5.41, 5.74) is 1.14. The molecule has 1 amide bonds. The van der Waals surface area contributed by atoms with Crippen molar-refractivity contribution < 1.29 is 9.53 Å². The standard InChI is InChI=1S/C20H34N4O2.HI/c1-5-21-20(23-15-13-19(25)24(6-2)7-3)22-14-10-16-26-18-12-9-8-11-17(18)4;/h8-9,11-12H,5-7,10,13-16H2,1-4H3,(H2,21,22,23);1H. The van der Waals surface area contributed by atoms with Crippen molar-refractivity contribution in [2.45, 2.75) is 40.5 Å². The molecule has 0 saturated heterocycles. The van der Waals surface area contributed by atoms with E-state index in [1.165, 1.54) is 0 Å². The van der Waals surface area contributed by atoms with E-state index in [4.69, 9.17) is 4.74 Å². The van der Waals surface area contributed by atoms with E-state index in [2.05, 4.69) is 15.6 Å². The van der Waals surface area contributed by atoms with Crippen molar-refractivity contribution in [2.24, 2.45) is 4.99 Å². The molecule has 0 aliphatic heterocycles. The first-order valence-corrected chi connectivity index (χ1v) is 9.60. The van der Waals surface area contributed by atoms with E-state index in [0.29, 0.717) is 26.1 Å². The number of nitrogens with one attached hydrogen (secondary N) is 2. The number of amides is 1. The zero-order valence-corrected chi connectivity index (χ0v) is 19.4. The highest BCUT2D eigenvalue weighted by molar-refractivity contribution is 14.0. The fourth-order valence-electron chi connectivity index (χ4n) is 2.52. The molecule has 0 bridgehead atoms. The Morgan fingerprint density at radius 2 is 1.85 bits per heavy atom. The summed E-state index contributed by atoms with van der Waals surface area (Å²) in [4.78, 5) is 18.4. The quantitative estimate of drug-likeness (QED) is 0.217. The molecule has 0 fully saturated rings. The van der Waals surface area contributed by atoms with E-state index in [-0.39, 0.29) is 29.9 Å². The van der Waals surface area contributed by atoms with Crippen molar-refractivity contribution in [1.29, 1.82) is 0 Å². The second kappa shape index (κ2) is 15.5. The van der Waals surface area contributed by atoms with Crippen LogP contribution in [-0.4, -0.2) is 56.1 Å². The van der Waals surface area contributed by atoms with Crippen molar-refractivity contribution in [3.63, 3.8) is 0 Å². The summed E-state index contributed by atoms with van der Waals surface area (Å²) in [6.45, 7) is 12.3. The van der Waals surface area contributed by atoms with Gasteiger partial charge in [0.2, 0.25) is 5.91 Å². The lowest BCUT2D eigenvalue weighted by molar-refractivity contribution is -0.130. The van der Waals surface area contributed by atoms with Crippen molar-refractivity contribution in [3.8, 4) is 5.75 Å². The van der Waals surface area contributed by atoms with Crippen LogP contribution in [0.15, 0.2) is 29.3 Å². The fraction of sp³-hybridized carbons (Fsp3) is 0.600. The summed E-state index contributed by atoms with van der Waals surface area (Å²) in [6, 6.07) is 8.01. The monoisotopic (exact) mass is 490 g/mol. The van der Waals surface area contributed by atoms with Gasteiger partial charge in [-0.25, -0.2) is 0 Å².